The third-order valence-corrected chi connectivity index (χ3v) is 4.36. The summed E-state index contributed by atoms with van der Waals surface area (Å²) < 4.78 is 6.18. The molecule has 0 fully saturated rings. The van der Waals surface area contributed by atoms with E-state index in [0.717, 1.165) is 36.0 Å². The van der Waals surface area contributed by atoms with E-state index < -0.39 is 0 Å². The molecular formula is C17H26BrNO2. The van der Waals surface area contributed by atoms with Gasteiger partial charge in [-0.2, -0.15) is 0 Å². The zero-order valence-corrected chi connectivity index (χ0v) is 14.9. The van der Waals surface area contributed by atoms with E-state index in [4.69, 9.17) is 4.74 Å². The van der Waals surface area contributed by atoms with Crippen molar-refractivity contribution in [3.8, 4) is 0 Å². The Balaban J connectivity index is 2.58. The van der Waals surface area contributed by atoms with Crippen LogP contribution >= 0.6 is 15.9 Å². The molecule has 0 heterocycles. The van der Waals surface area contributed by atoms with Gasteiger partial charge in [0.25, 0.3) is 0 Å². The first-order chi connectivity index (χ1) is 10.1. The minimum Gasteiger partial charge on any atom is -0.383 e. The summed E-state index contributed by atoms with van der Waals surface area (Å²) in [6, 6.07) is 8.11. The Morgan fingerprint density at radius 3 is 2.33 bits per heavy atom. The van der Waals surface area contributed by atoms with E-state index >= 15 is 0 Å². The lowest BCUT2D eigenvalue weighted by atomic mass is 10.1. The number of hydrogen-bond acceptors (Lipinski definition) is 3. The molecule has 1 aromatic rings. The van der Waals surface area contributed by atoms with Gasteiger partial charge < -0.3 is 4.74 Å². The first kappa shape index (κ1) is 18.3. The number of ether oxygens (including phenoxy) is 1. The largest absolute Gasteiger partial charge is 0.383 e. The molecule has 0 atom stereocenters. The zero-order valence-electron chi connectivity index (χ0n) is 13.3. The highest BCUT2D eigenvalue weighted by Crippen LogP contribution is 2.14. The number of benzene rings is 1. The second-order valence-electron chi connectivity index (χ2n) is 5.18. The van der Waals surface area contributed by atoms with Gasteiger partial charge in [0.05, 0.1) is 6.61 Å². The van der Waals surface area contributed by atoms with Crippen molar-refractivity contribution in [1.29, 1.82) is 0 Å². The molecule has 0 aliphatic carbocycles. The molecule has 118 valence electrons. The molecule has 0 saturated carbocycles. The van der Waals surface area contributed by atoms with Gasteiger partial charge in [-0.3, -0.25) is 9.69 Å². The number of ketones is 1. The van der Waals surface area contributed by atoms with Crippen LogP contribution in [0.2, 0.25) is 0 Å². The van der Waals surface area contributed by atoms with Gasteiger partial charge >= 0.3 is 0 Å². The summed E-state index contributed by atoms with van der Waals surface area (Å²) >= 11 is 3.39. The smallest absolute Gasteiger partial charge is 0.164 e. The average Bonchev–Trinajstić information content (AvgIpc) is 2.50. The molecule has 0 amide bonds. The molecular weight excluding hydrogens is 330 g/mol. The van der Waals surface area contributed by atoms with E-state index in [1.165, 1.54) is 0 Å². The zero-order chi connectivity index (χ0) is 15.7. The first-order valence-corrected chi connectivity index (χ1v) is 8.43. The topological polar surface area (TPSA) is 29.5 Å². The van der Waals surface area contributed by atoms with Crippen molar-refractivity contribution in [2.75, 3.05) is 26.8 Å². The summed E-state index contributed by atoms with van der Waals surface area (Å²) in [6.45, 7) is 6.79. The highest BCUT2D eigenvalue weighted by molar-refractivity contribution is 9.10. The number of nitrogens with zero attached hydrogens (tertiary/aromatic N) is 1. The summed E-state index contributed by atoms with van der Waals surface area (Å²) in [5.41, 5.74) is 0.787. The van der Waals surface area contributed by atoms with Crippen LogP contribution in [0.3, 0.4) is 0 Å². The Morgan fingerprint density at radius 1 is 1.19 bits per heavy atom. The number of hydrogen-bond donors (Lipinski definition) is 0. The minimum absolute atomic E-state index is 0.205. The van der Waals surface area contributed by atoms with Crippen molar-refractivity contribution < 1.29 is 9.53 Å². The molecule has 0 aliphatic heterocycles. The van der Waals surface area contributed by atoms with Crippen LogP contribution in [0.4, 0.5) is 0 Å². The second kappa shape index (κ2) is 10.1. The maximum Gasteiger partial charge on any atom is 0.164 e. The van der Waals surface area contributed by atoms with Crippen molar-refractivity contribution in [2.45, 2.75) is 39.2 Å². The fourth-order valence-electron chi connectivity index (χ4n) is 2.52. The molecule has 0 saturated heterocycles. The third kappa shape index (κ3) is 6.29. The van der Waals surface area contributed by atoms with Crippen LogP contribution in [0.25, 0.3) is 0 Å². The Kier molecular flexibility index (Phi) is 8.81. The van der Waals surface area contributed by atoms with Crippen LogP contribution in [0, 0.1) is 0 Å². The van der Waals surface area contributed by atoms with Gasteiger partial charge in [-0.05, 0) is 25.0 Å². The molecule has 0 bridgehead atoms. The predicted molar refractivity (Wildman–Crippen MR) is 90.9 cm³/mol. The monoisotopic (exact) mass is 355 g/mol. The first-order valence-electron chi connectivity index (χ1n) is 7.64. The lowest BCUT2D eigenvalue weighted by Gasteiger charge is -2.30. The number of Topliss-reactive ketones (excluding diaryl/α,β-unsaturated/α-hetero) is 1. The normalized spacial score (nSPS) is 11.3. The molecule has 0 radical (unpaired) electrons. The van der Waals surface area contributed by atoms with E-state index in [1.54, 1.807) is 7.11 Å². The van der Waals surface area contributed by atoms with Crippen molar-refractivity contribution in [3.63, 3.8) is 0 Å². The SMILES string of the molecule is CCC(CC)N(CCOC)CCC(=O)c1ccc(Br)cc1. The maximum absolute atomic E-state index is 12.3. The van der Waals surface area contributed by atoms with Crippen molar-refractivity contribution >= 4 is 21.7 Å². The Morgan fingerprint density at radius 2 is 1.81 bits per heavy atom. The maximum atomic E-state index is 12.3. The lowest BCUT2D eigenvalue weighted by Crippen LogP contribution is -2.38. The second-order valence-corrected chi connectivity index (χ2v) is 6.09. The summed E-state index contributed by atoms with van der Waals surface area (Å²) in [4.78, 5) is 14.6. The molecule has 0 N–H and O–H groups in total. The Bertz CT molecular complexity index is 415. The van der Waals surface area contributed by atoms with E-state index in [-0.39, 0.29) is 5.78 Å². The standard InChI is InChI=1S/C17H26BrNO2/c1-4-16(5-2)19(12-13-21-3)11-10-17(20)14-6-8-15(18)9-7-14/h6-9,16H,4-5,10-13H2,1-3H3. The minimum atomic E-state index is 0.205. The fraction of sp³-hybridized carbons (Fsp3) is 0.588. The molecule has 1 aromatic carbocycles. The summed E-state index contributed by atoms with van der Waals surface area (Å²) in [5, 5.41) is 0. The molecule has 21 heavy (non-hydrogen) atoms. The molecule has 0 unspecified atom stereocenters. The lowest BCUT2D eigenvalue weighted by molar-refractivity contribution is 0.0898. The summed E-state index contributed by atoms with van der Waals surface area (Å²) in [5.74, 6) is 0.205. The van der Waals surface area contributed by atoms with Gasteiger partial charge in [0, 0.05) is 42.7 Å². The van der Waals surface area contributed by atoms with Gasteiger partial charge in [-0.15, -0.1) is 0 Å². The van der Waals surface area contributed by atoms with Gasteiger partial charge in [0.2, 0.25) is 0 Å². The molecule has 1 rings (SSSR count). The van der Waals surface area contributed by atoms with E-state index in [9.17, 15) is 4.79 Å². The van der Waals surface area contributed by atoms with Crippen LogP contribution in [-0.2, 0) is 4.74 Å². The quantitative estimate of drug-likeness (QED) is 0.590. The van der Waals surface area contributed by atoms with Crippen molar-refractivity contribution in [2.24, 2.45) is 0 Å². The summed E-state index contributed by atoms with van der Waals surface area (Å²) in [6.07, 6.45) is 2.77. The van der Waals surface area contributed by atoms with Crippen LogP contribution in [0.5, 0.6) is 0 Å². The highest BCUT2D eigenvalue weighted by Gasteiger charge is 2.16. The van der Waals surface area contributed by atoms with Crippen molar-refractivity contribution in [1.82, 2.24) is 4.90 Å². The van der Waals surface area contributed by atoms with E-state index in [1.807, 2.05) is 24.3 Å². The number of halogens is 1. The van der Waals surface area contributed by atoms with Gasteiger partial charge in [-0.25, -0.2) is 0 Å². The number of carbonyl (C=O) groups is 1. The number of rotatable bonds is 10. The van der Waals surface area contributed by atoms with Gasteiger partial charge in [0.1, 0.15) is 0 Å². The van der Waals surface area contributed by atoms with Crippen LogP contribution in [-0.4, -0.2) is 43.5 Å². The molecule has 3 nitrogen and oxygen atoms in total. The number of carbonyl (C=O) groups excluding carboxylic acids is 1. The fourth-order valence-corrected chi connectivity index (χ4v) is 2.78. The Labute approximate surface area is 136 Å². The molecule has 0 spiro atoms. The van der Waals surface area contributed by atoms with E-state index in [0.29, 0.717) is 19.1 Å². The predicted octanol–water partition coefficient (Wildman–Crippen LogP) is 4.16. The highest BCUT2D eigenvalue weighted by atomic mass is 79.9. The average molecular weight is 356 g/mol. The Hall–Kier alpha value is -0.710. The summed E-state index contributed by atoms with van der Waals surface area (Å²) in [7, 11) is 1.72. The molecule has 0 aliphatic rings. The van der Waals surface area contributed by atoms with Crippen molar-refractivity contribution in [3.05, 3.63) is 34.3 Å². The van der Waals surface area contributed by atoms with Crippen LogP contribution in [0.1, 0.15) is 43.5 Å². The molecule has 0 aromatic heterocycles. The van der Waals surface area contributed by atoms with Gasteiger partial charge in [-0.1, -0.05) is 41.9 Å². The molecule has 4 heteroatoms. The van der Waals surface area contributed by atoms with Crippen LogP contribution in [0.15, 0.2) is 28.7 Å². The van der Waals surface area contributed by atoms with Gasteiger partial charge in [0.15, 0.2) is 5.78 Å². The third-order valence-electron chi connectivity index (χ3n) is 3.83. The number of methoxy groups -OCH3 is 1. The van der Waals surface area contributed by atoms with Crippen LogP contribution < -0.4 is 0 Å². The van der Waals surface area contributed by atoms with E-state index in [2.05, 4.69) is 34.7 Å².